The third-order valence-electron chi connectivity index (χ3n) is 3.88. The summed E-state index contributed by atoms with van der Waals surface area (Å²) < 4.78 is 5.32. The molecule has 0 aliphatic rings. The molecular formula is C17H17ClN2O4. The molecule has 0 radical (unpaired) electrons. The molecule has 0 unspecified atom stereocenters. The van der Waals surface area contributed by atoms with Crippen molar-refractivity contribution in [1.82, 2.24) is 4.90 Å². The molecular weight excluding hydrogens is 332 g/mol. The number of methoxy groups -OCH3 is 1. The molecule has 0 aliphatic carbocycles. The maximum absolute atomic E-state index is 12.7. The molecule has 0 aliphatic heterocycles. The van der Waals surface area contributed by atoms with Crippen molar-refractivity contribution in [2.75, 3.05) is 14.2 Å². The fraction of sp³-hybridized carbons (Fsp3) is 0.235. The lowest BCUT2D eigenvalue weighted by molar-refractivity contribution is -0.385. The SMILES string of the molecule is COc1ccccc1[C@@H](C)N(C)C(=O)c1ccc(Cl)cc1[N+](=O)[O-]. The van der Waals surface area contributed by atoms with Gasteiger partial charge in [0.25, 0.3) is 11.6 Å². The van der Waals surface area contributed by atoms with E-state index in [1.54, 1.807) is 20.2 Å². The number of ether oxygens (including phenoxy) is 1. The molecule has 126 valence electrons. The second-order valence-corrected chi connectivity index (χ2v) is 5.69. The summed E-state index contributed by atoms with van der Waals surface area (Å²) in [7, 11) is 3.15. The number of nitro groups is 1. The summed E-state index contributed by atoms with van der Waals surface area (Å²) in [5.74, 6) is 0.187. The summed E-state index contributed by atoms with van der Waals surface area (Å²) >= 11 is 5.80. The zero-order valence-corrected chi connectivity index (χ0v) is 14.3. The summed E-state index contributed by atoms with van der Waals surface area (Å²) in [5.41, 5.74) is 0.493. The Morgan fingerprint density at radius 2 is 1.96 bits per heavy atom. The summed E-state index contributed by atoms with van der Waals surface area (Å²) in [5, 5.41) is 11.4. The van der Waals surface area contributed by atoms with E-state index in [-0.39, 0.29) is 22.3 Å². The normalized spacial score (nSPS) is 11.7. The average molecular weight is 349 g/mol. The summed E-state index contributed by atoms with van der Waals surface area (Å²) in [6.45, 7) is 1.83. The van der Waals surface area contributed by atoms with E-state index in [2.05, 4.69) is 0 Å². The van der Waals surface area contributed by atoms with Gasteiger partial charge in [0.05, 0.1) is 18.1 Å². The number of halogens is 1. The van der Waals surface area contributed by atoms with Crippen molar-refractivity contribution in [2.45, 2.75) is 13.0 Å². The van der Waals surface area contributed by atoms with E-state index in [4.69, 9.17) is 16.3 Å². The smallest absolute Gasteiger partial charge is 0.283 e. The van der Waals surface area contributed by atoms with Gasteiger partial charge in [-0.3, -0.25) is 14.9 Å². The molecule has 2 rings (SSSR count). The van der Waals surface area contributed by atoms with Crippen LogP contribution in [-0.4, -0.2) is 29.9 Å². The number of para-hydroxylation sites is 1. The van der Waals surface area contributed by atoms with Crippen molar-refractivity contribution in [2.24, 2.45) is 0 Å². The average Bonchev–Trinajstić information content (AvgIpc) is 2.59. The molecule has 0 aromatic heterocycles. The molecule has 6 nitrogen and oxygen atoms in total. The number of nitrogens with zero attached hydrogens (tertiary/aromatic N) is 2. The Bertz CT molecular complexity index is 779. The Morgan fingerprint density at radius 1 is 1.29 bits per heavy atom. The van der Waals surface area contributed by atoms with Crippen molar-refractivity contribution >= 4 is 23.2 Å². The molecule has 2 aromatic carbocycles. The number of rotatable bonds is 5. The van der Waals surface area contributed by atoms with Gasteiger partial charge in [0.15, 0.2) is 0 Å². The highest BCUT2D eigenvalue weighted by Gasteiger charge is 2.27. The highest BCUT2D eigenvalue weighted by molar-refractivity contribution is 6.31. The van der Waals surface area contributed by atoms with Crippen LogP contribution in [0.2, 0.25) is 5.02 Å². The van der Waals surface area contributed by atoms with E-state index in [9.17, 15) is 14.9 Å². The molecule has 2 aromatic rings. The number of benzene rings is 2. The van der Waals surface area contributed by atoms with Gasteiger partial charge in [0.2, 0.25) is 0 Å². The van der Waals surface area contributed by atoms with Crippen LogP contribution < -0.4 is 4.74 Å². The van der Waals surface area contributed by atoms with Crippen LogP contribution >= 0.6 is 11.6 Å². The van der Waals surface area contributed by atoms with Crippen LogP contribution in [0.5, 0.6) is 5.75 Å². The first-order chi connectivity index (χ1) is 11.4. The van der Waals surface area contributed by atoms with Crippen LogP contribution in [0.25, 0.3) is 0 Å². The minimum absolute atomic E-state index is 0.00588. The zero-order chi connectivity index (χ0) is 17.9. The van der Waals surface area contributed by atoms with E-state index in [0.29, 0.717) is 5.75 Å². The number of carbonyl (C=O) groups excluding carboxylic acids is 1. The van der Waals surface area contributed by atoms with Crippen LogP contribution in [0.4, 0.5) is 5.69 Å². The van der Waals surface area contributed by atoms with E-state index in [0.717, 1.165) is 5.56 Å². The van der Waals surface area contributed by atoms with Gasteiger partial charge in [-0.15, -0.1) is 0 Å². The van der Waals surface area contributed by atoms with E-state index < -0.39 is 10.8 Å². The van der Waals surface area contributed by atoms with Gasteiger partial charge in [-0.1, -0.05) is 29.8 Å². The van der Waals surface area contributed by atoms with Crippen molar-refractivity contribution in [1.29, 1.82) is 0 Å². The van der Waals surface area contributed by atoms with Crippen LogP contribution in [-0.2, 0) is 0 Å². The van der Waals surface area contributed by atoms with Crippen LogP contribution in [0.3, 0.4) is 0 Å². The number of hydrogen-bond donors (Lipinski definition) is 0. The molecule has 0 N–H and O–H groups in total. The fourth-order valence-electron chi connectivity index (χ4n) is 2.42. The highest BCUT2D eigenvalue weighted by Crippen LogP contribution is 2.31. The Kier molecular flexibility index (Phi) is 5.41. The van der Waals surface area contributed by atoms with E-state index in [1.165, 1.54) is 23.1 Å². The Morgan fingerprint density at radius 3 is 2.58 bits per heavy atom. The molecule has 1 atom stereocenters. The number of hydrogen-bond acceptors (Lipinski definition) is 4. The number of amides is 1. The lowest BCUT2D eigenvalue weighted by Gasteiger charge is -2.26. The predicted molar refractivity (Wildman–Crippen MR) is 91.6 cm³/mol. The topological polar surface area (TPSA) is 72.7 Å². The third-order valence-corrected chi connectivity index (χ3v) is 4.11. The number of nitro benzene ring substituents is 1. The second-order valence-electron chi connectivity index (χ2n) is 5.25. The van der Waals surface area contributed by atoms with E-state index in [1.807, 2.05) is 25.1 Å². The highest BCUT2D eigenvalue weighted by atomic mass is 35.5. The van der Waals surface area contributed by atoms with Crippen molar-refractivity contribution in [3.05, 3.63) is 68.7 Å². The monoisotopic (exact) mass is 348 g/mol. The van der Waals surface area contributed by atoms with Gasteiger partial charge in [0.1, 0.15) is 11.3 Å². The van der Waals surface area contributed by atoms with Gasteiger partial charge in [-0.2, -0.15) is 0 Å². The summed E-state index contributed by atoms with van der Waals surface area (Å²) in [4.78, 5) is 24.8. The predicted octanol–water partition coefficient (Wildman–Crippen LogP) is 4.09. The van der Waals surface area contributed by atoms with Gasteiger partial charge < -0.3 is 9.64 Å². The lowest BCUT2D eigenvalue weighted by Crippen LogP contribution is -2.30. The molecule has 0 bridgehead atoms. The molecule has 7 heteroatoms. The Hall–Kier alpha value is -2.60. The standard InChI is InChI=1S/C17H17ClN2O4/c1-11(13-6-4-5-7-16(13)24-3)19(2)17(21)14-9-8-12(18)10-15(14)20(22)23/h4-11H,1-3H3/t11-/m1/s1. The first kappa shape index (κ1) is 17.7. The maximum Gasteiger partial charge on any atom is 0.283 e. The second kappa shape index (κ2) is 7.31. The summed E-state index contributed by atoms with van der Waals surface area (Å²) in [6, 6.07) is 11.0. The fourth-order valence-corrected chi connectivity index (χ4v) is 2.59. The summed E-state index contributed by atoms with van der Waals surface area (Å²) in [6.07, 6.45) is 0. The first-order valence-corrected chi connectivity index (χ1v) is 7.58. The van der Waals surface area contributed by atoms with Crippen molar-refractivity contribution in [3.8, 4) is 5.75 Å². The largest absolute Gasteiger partial charge is 0.496 e. The van der Waals surface area contributed by atoms with E-state index >= 15 is 0 Å². The molecule has 0 saturated carbocycles. The molecule has 0 saturated heterocycles. The maximum atomic E-state index is 12.7. The van der Waals surface area contributed by atoms with Gasteiger partial charge in [-0.05, 0) is 25.1 Å². The van der Waals surface area contributed by atoms with Crippen LogP contribution in [0.1, 0.15) is 28.9 Å². The zero-order valence-electron chi connectivity index (χ0n) is 13.5. The number of carbonyl (C=O) groups is 1. The molecule has 0 spiro atoms. The molecule has 1 amide bonds. The van der Waals surface area contributed by atoms with Gasteiger partial charge >= 0.3 is 0 Å². The van der Waals surface area contributed by atoms with Crippen molar-refractivity contribution in [3.63, 3.8) is 0 Å². The quantitative estimate of drug-likeness (QED) is 0.602. The molecule has 24 heavy (non-hydrogen) atoms. The van der Waals surface area contributed by atoms with Gasteiger partial charge in [0, 0.05) is 23.7 Å². The van der Waals surface area contributed by atoms with Crippen LogP contribution in [0.15, 0.2) is 42.5 Å². The van der Waals surface area contributed by atoms with Gasteiger partial charge in [-0.25, -0.2) is 0 Å². The Balaban J connectivity index is 2.38. The Labute approximate surface area is 144 Å². The van der Waals surface area contributed by atoms with Crippen molar-refractivity contribution < 1.29 is 14.5 Å². The molecule has 0 heterocycles. The lowest BCUT2D eigenvalue weighted by atomic mass is 10.0. The first-order valence-electron chi connectivity index (χ1n) is 7.20. The minimum atomic E-state index is -0.610. The van der Waals surface area contributed by atoms with Crippen LogP contribution in [0, 0.1) is 10.1 Å². The third kappa shape index (κ3) is 3.49. The minimum Gasteiger partial charge on any atom is -0.496 e. The molecule has 0 fully saturated rings.